The summed E-state index contributed by atoms with van der Waals surface area (Å²) < 4.78 is 0. The fourth-order valence-corrected chi connectivity index (χ4v) is 0.987. The van der Waals surface area contributed by atoms with E-state index in [1.807, 2.05) is 13.8 Å². The maximum atomic E-state index is 11.2. The van der Waals surface area contributed by atoms with Crippen molar-refractivity contribution < 1.29 is 9.90 Å². The molecule has 3 nitrogen and oxygen atoms in total. The highest BCUT2D eigenvalue weighted by atomic mass is 35.5. The standard InChI is InChI=1S/C9H18ClNO2/c1-7(6-12)8(2)11-9(13)4-3-5-10/h7-8,12H,3-6H2,1-2H3,(H,11,13). The van der Waals surface area contributed by atoms with E-state index in [1.165, 1.54) is 0 Å². The molecule has 0 aromatic heterocycles. The van der Waals surface area contributed by atoms with Gasteiger partial charge in [-0.15, -0.1) is 11.6 Å². The van der Waals surface area contributed by atoms with Gasteiger partial charge in [0, 0.05) is 24.9 Å². The van der Waals surface area contributed by atoms with Crippen molar-refractivity contribution in [1.82, 2.24) is 5.32 Å². The molecule has 0 saturated heterocycles. The summed E-state index contributed by atoms with van der Waals surface area (Å²) in [4.78, 5) is 11.2. The molecule has 4 heteroatoms. The topological polar surface area (TPSA) is 49.3 Å². The van der Waals surface area contributed by atoms with Crippen molar-refractivity contribution in [2.45, 2.75) is 32.7 Å². The average Bonchev–Trinajstić information content (AvgIpc) is 2.13. The van der Waals surface area contributed by atoms with Gasteiger partial charge in [-0.3, -0.25) is 4.79 Å². The first kappa shape index (κ1) is 12.7. The van der Waals surface area contributed by atoms with Gasteiger partial charge >= 0.3 is 0 Å². The van der Waals surface area contributed by atoms with E-state index in [2.05, 4.69) is 5.32 Å². The Hall–Kier alpha value is -0.280. The van der Waals surface area contributed by atoms with Gasteiger partial charge in [0.2, 0.25) is 5.91 Å². The molecule has 0 aliphatic heterocycles. The van der Waals surface area contributed by atoms with Crippen LogP contribution in [0.5, 0.6) is 0 Å². The van der Waals surface area contributed by atoms with Crippen molar-refractivity contribution in [1.29, 1.82) is 0 Å². The molecule has 0 radical (unpaired) electrons. The third-order valence-corrected chi connectivity index (χ3v) is 2.33. The monoisotopic (exact) mass is 207 g/mol. The molecule has 0 aromatic rings. The molecule has 0 spiro atoms. The fourth-order valence-electron chi connectivity index (χ4n) is 0.854. The van der Waals surface area contributed by atoms with Gasteiger partial charge in [-0.1, -0.05) is 6.92 Å². The lowest BCUT2D eigenvalue weighted by molar-refractivity contribution is -0.122. The fraction of sp³-hybridized carbons (Fsp3) is 0.889. The molecule has 2 N–H and O–H groups in total. The lowest BCUT2D eigenvalue weighted by Crippen LogP contribution is -2.38. The Balaban J connectivity index is 3.64. The Morgan fingerprint density at radius 1 is 1.54 bits per heavy atom. The first-order valence-electron chi connectivity index (χ1n) is 4.58. The number of hydrogen-bond acceptors (Lipinski definition) is 2. The van der Waals surface area contributed by atoms with Crippen molar-refractivity contribution in [3.63, 3.8) is 0 Å². The van der Waals surface area contributed by atoms with E-state index in [1.54, 1.807) is 0 Å². The molecule has 0 bridgehead atoms. The number of carbonyl (C=O) groups is 1. The summed E-state index contributed by atoms with van der Waals surface area (Å²) in [6.45, 7) is 3.88. The van der Waals surface area contributed by atoms with Crippen molar-refractivity contribution in [2.24, 2.45) is 5.92 Å². The molecule has 2 unspecified atom stereocenters. The summed E-state index contributed by atoms with van der Waals surface area (Å²) in [5, 5.41) is 11.6. The minimum absolute atomic E-state index is 0.00782. The van der Waals surface area contributed by atoms with Crippen LogP contribution in [0.1, 0.15) is 26.7 Å². The molecule has 0 saturated carbocycles. The highest BCUT2D eigenvalue weighted by Crippen LogP contribution is 2.01. The summed E-state index contributed by atoms with van der Waals surface area (Å²) in [7, 11) is 0. The van der Waals surface area contributed by atoms with Crippen LogP contribution in [-0.2, 0) is 4.79 Å². The van der Waals surface area contributed by atoms with E-state index in [4.69, 9.17) is 16.7 Å². The number of halogens is 1. The van der Waals surface area contributed by atoms with Crippen LogP contribution in [0.15, 0.2) is 0 Å². The van der Waals surface area contributed by atoms with Gasteiger partial charge in [-0.05, 0) is 19.3 Å². The van der Waals surface area contributed by atoms with E-state index in [9.17, 15) is 4.79 Å². The molecule has 2 atom stereocenters. The van der Waals surface area contributed by atoms with Crippen LogP contribution < -0.4 is 5.32 Å². The number of rotatable bonds is 6. The largest absolute Gasteiger partial charge is 0.396 e. The van der Waals surface area contributed by atoms with Gasteiger partial charge < -0.3 is 10.4 Å². The smallest absolute Gasteiger partial charge is 0.220 e. The van der Waals surface area contributed by atoms with Crippen LogP contribution in [-0.4, -0.2) is 29.5 Å². The van der Waals surface area contributed by atoms with Gasteiger partial charge in [-0.25, -0.2) is 0 Å². The van der Waals surface area contributed by atoms with Gasteiger partial charge in [0.1, 0.15) is 0 Å². The van der Waals surface area contributed by atoms with Gasteiger partial charge in [-0.2, -0.15) is 0 Å². The van der Waals surface area contributed by atoms with E-state index >= 15 is 0 Å². The van der Waals surface area contributed by atoms with E-state index < -0.39 is 0 Å². The Bertz CT molecular complexity index is 153. The quantitative estimate of drug-likeness (QED) is 0.642. The summed E-state index contributed by atoms with van der Waals surface area (Å²) in [6.07, 6.45) is 1.17. The third kappa shape index (κ3) is 5.88. The summed E-state index contributed by atoms with van der Waals surface area (Å²) >= 11 is 5.45. The lowest BCUT2D eigenvalue weighted by Gasteiger charge is -2.18. The normalized spacial score (nSPS) is 15.1. The first-order valence-corrected chi connectivity index (χ1v) is 5.11. The maximum absolute atomic E-state index is 11.2. The number of aliphatic hydroxyl groups excluding tert-OH is 1. The molecule has 1 amide bonds. The second-order valence-electron chi connectivity index (χ2n) is 3.31. The summed E-state index contributed by atoms with van der Waals surface area (Å²) in [5.74, 6) is 0.616. The molecular weight excluding hydrogens is 190 g/mol. The predicted molar refractivity (Wildman–Crippen MR) is 53.8 cm³/mol. The van der Waals surface area contributed by atoms with E-state index in [-0.39, 0.29) is 24.5 Å². The highest BCUT2D eigenvalue weighted by molar-refractivity contribution is 6.17. The van der Waals surface area contributed by atoms with Gasteiger partial charge in [0.25, 0.3) is 0 Å². The Morgan fingerprint density at radius 3 is 2.62 bits per heavy atom. The van der Waals surface area contributed by atoms with Crippen LogP contribution in [0.4, 0.5) is 0 Å². The number of carbonyl (C=O) groups excluding carboxylic acids is 1. The second kappa shape index (κ2) is 7.15. The number of amides is 1. The van der Waals surface area contributed by atoms with Crippen LogP contribution in [0.2, 0.25) is 0 Å². The average molecular weight is 208 g/mol. The van der Waals surface area contributed by atoms with Crippen molar-refractivity contribution in [3.8, 4) is 0 Å². The zero-order valence-electron chi connectivity index (χ0n) is 8.22. The zero-order valence-corrected chi connectivity index (χ0v) is 8.97. The molecule has 0 heterocycles. The maximum Gasteiger partial charge on any atom is 0.220 e. The van der Waals surface area contributed by atoms with Crippen LogP contribution in [0, 0.1) is 5.92 Å². The summed E-state index contributed by atoms with van der Waals surface area (Å²) in [6, 6.07) is 0.0211. The molecule has 78 valence electrons. The molecule has 0 aliphatic carbocycles. The number of aliphatic hydroxyl groups is 1. The number of nitrogens with one attached hydrogen (secondary N) is 1. The predicted octanol–water partition coefficient (Wildman–Crippen LogP) is 1.14. The minimum Gasteiger partial charge on any atom is -0.396 e. The Labute approximate surface area is 84.5 Å². The Kier molecular flexibility index (Phi) is 7.00. The zero-order chi connectivity index (χ0) is 10.3. The second-order valence-corrected chi connectivity index (χ2v) is 3.69. The van der Waals surface area contributed by atoms with E-state index in [0.29, 0.717) is 18.7 Å². The van der Waals surface area contributed by atoms with Crippen molar-refractivity contribution >= 4 is 17.5 Å². The molecule has 0 fully saturated rings. The number of hydrogen-bond donors (Lipinski definition) is 2. The van der Waals surface area contributed by atoms with Gasteiger partial charge in [0.15, 0.2) is 0 Å². The van der Waals surface area contributed by atoms with Gasteiger partial charge in [0.05, 0.1) is 0 Å². The van der Waals surface area contributed by atoms with Crippen molar-refractivity contribution in [2.75, 3.05) is 12.5 Å². The third-order valence-electron chi connectivity index (χ3n) is 2.07. The molecule has 0 aliphatic rings. The van der Waals surface area contributed by atoms with Crippen LogP contribution in [0.25, 0.3) is 0 Å². The van der Waals surface area contributed by atoms with Crippen molar-refractivity contribution in [3.05, 3.63) is 0 Å². The molecule has 13 heavy (non-hydrogen) atoms. The first-order chi connectivity index (χ1) is 6.11. The number of alkyl halides is 1. The molecular formula is C9H18ClNO2. The molecule has 0 aromatic carbocycles. The minimum atomic E-state index is 0.00782. The highest BCUT2D eigenvalue weighted by Gasteiger charge is 2.12. The molecule has 0 rings (SSSR count). The van der Waals surface area contributed by atoms with Crippen LogP contribution >= 0.6 is 11.6 Å². The summed E-state index contributed by atoms with van der Waals surface area (Å²) in [5.41, 5.74) is 0. The van der Waals surface area contributed by atoms with Crippen LogP contribution in [0.3, 0.4) is 0 Å². The Morgan fingerprint density at radius 2 is 2.15 bits per heavy atom. The lowest BCUT2D eigenvalue weighted by atomic mass is 10.1. The van der Waals surface area contributed by atoms with E-state index in [0.717, 1.165) is 0 Å². The SMILES string of the molecule is CC(CO)C(C)NC(=O)CCCCl.